The molecule has 0 aliphatic carbocycles. The molecular weight excluding hydrogens is 240 g/mol. The molecule has 0 fully saturated rings. The predicted molar refractivity (Wildman–Crippen MR) is 65.9 cm³/mol. The van der Waals surface area contributed by atoms with Gasteiger partial charge in [-0.25, -0.2) is 4.79 Å². The fourth-order valence-electron chi connectivity index (χ4n) is 1.46. The van der Waals surface area contributed by atoms with Crippen LogP contribution in [0.3, 0.4) is 0 Å². The van der Waals surface area contributed by atoms with Crippen LogP contribution in [-0.4, -0.2) is 23.0 Å². The molecule has 1 aromatic heterocycles. The summed E-state index contributed by atoms with van der Waals surface area (Å²) in [6, 6.07) is 2.89. The number of amides is 1. The first kappa shape index (κ1) is 13.7. The molecule has 0 spiro atoms. The number of thiophene rings is 1. The van der Waals surface area contributed by atoms with Gasteiger partial charge >= 0.3 is 5.97 Å². The summed E-state index contributed by atoms with van der Waals surface area (Å²) in [4.78, 5) is 23.0. The zero-order valence-corrected chi connectivity index (χ0v) is 10.6. The minimum atomic E-state index is -0.934. The Morgan fingerprint density at radius 1 is 1.47 bits per heavy atom. The standard InChI is InChI=1S/C11H16N2O3S/c1-6(2)9(10(12)14)13-5-7-3-4-8(17-7)11(15)16/h3-4,6,9,13H,5H2,1-2H3,(H2,12,14)(H,15,16). The van der Waals surface area contributed by atoms with Gasteiger partial charge in [0, 0.05) is 11.4 Å². The monoisotopic (exact) mass is 256 g/mol. The molecule has 17 heavy (non-hydrogen) atoms. The maximum absolute atomic E-state index is 11.1. The number of nitrogens with one attached hydrogen (secondary N) is 1. The second-order valence-electron chi connectivity index (χ2n) is 4.08. The summed E-state index contributed by atoms with van der Waals surface area (Å²) >= 11 is 1.19. The van der Waals surface area contributed by atoms with Gasteiger partial charge in [-0.05, 0) is 18.1 Å². The molecule has 0 aromatic carbocycles. The molecule has 0 aliphatic heterocycles. The van der Waals surface area contributed by atoms with Crippen LogP contribution in [0.4, 0.5) is 0 Å². The Balaban J connectivity index is 2.59. The van der Waals surface area contributed by atoms with Crippen LogP contribution >= 0.6 is 11.3 Å². The van der Waals surface area contributed by atoms with Crippen molar-refractivity contribution in [2.45, 2.75) is 26.4 Å². The molecule has 94 valence electrons. The maximum atomic E-state index is 11.1. The lowest BCUT2D eigenvalue weighted by atomic mass is 10.0. The number of rotatable bonds is 6. The second-order valence-corrected chi connectivity index (χ2v) is 5.24. The van der Waals surface area contributed by atoms with Gasteiger partial charge in [0.05, 0.1) is 6.04 Å². The third kappa shape index (κ3) is 3.83. The Morgan fingerprint density at radius 3 is 2.53 bits per heavy atom. The number of carboxylic acid groups (broad SMARTS) is 1. The number of nitrogens with two attached hydrogens (primary N) is 1. The molecule has 5 nitrogen and oxygen atoms in total. The Kier molecular flexibility index (Phi) is 4.65. The van der Waals surface area contributed by atoms with E-state index < -0.39 is 17.9 Å². The molecule has 6 heteroatoms. The van der Waals surface area contributed by atoms with Crippen molar-refractivity contribution in [3.63, 3.8) is 0 Å². The first-order valence-electron chi connectivity index (χ1n) is 5.26. The van der Waals surface area contributed by atoms with Gasteiger partial charge in [0.15, 0.2) is 0 Å². The summed E-state index contributed by atoms with van der Waals surface area (Å²) in [5.74, 6) is -1.22. The van der Waals surface area contributed by atoms with E-state index in [4.69, 9.17) is 10.8 Å². The molecule has 0 bridgehead atoms. The van der Waals surface area contributed by atoms with Crippen LogP contribution in [0.25, 0.3) is 0 Å². The van der Waals surface area contributed by atoms with Crippen molar-refractivity contribution in [3.05, 3.63) is 21.9 Å². The second kappa shape index (κ2) is 5.79. The molecule has 0 radical (unpaired) electrons. The normalized spacial score (nSPS) is 12.6. The third-order valence-electron chi connectivity index (χ3n) is 2.34. The SMILES string of the molecule is CC(C)C(NCc1ccc(C(=O)O)s1)C(N)=O. The summed E-state index contributed by atoms with van der Waals surface area (Å²) in [5.41, 5.74) is 5.26. The van der Waals surface area contributed by atoms with Crippen LogP contribution in [-0.2, 0) is 11.3 Å². The van der Waals surface area contributed by atoms with E-state index in [1.165, 1.54) is 11.3 Å². The Hall–Kier alpha value is -1.40. The van der Waals surface area contributed by atoms with Crippen molar-refractivity contribution in [2.24, 2.45) is 11.7 Å². The van der Waals surface area contributed by atoms with Gasteiger partial charge in [0.25, 0.3) is 0 Å². The van der Waals surface area contributed by atoms with Crippen LogP contribution in [0.2, 0.25) is 0 Å². The van der Waals surface area contributed by atoms with E-state index in [9.17, 15) is 9.59 Å². The lowest BCUT2D eigenvalue weighted by Gasteiger charge is -2.18. The molecular formula is C11H16N2O3S. The smallest absolute Gasteiger partial charge is 0.345 e. The van der Waals surface area contributed by atoms with Crippen LogP contribution in [0.15, 0.2) is 12.1 Å². The highest BCUT2D eigenvalue weighted by Crippen LogP contribution is 2.16. The van der Waals surface area contributed by atoms with Crippen molar-refractivity contribution in [3.8, 4) is 0 Å². The fourth-order valence-corrected chi connectivity index (χ4v) is 2.26. The largest absolute Gasteiger partial charge is 0.477 e. The minimum absolute atomic E-state index is 0.103. The third-order valence-corrected chi connectivity index (χ3v) is 3.42. The first-order valence-corrected chi connectivity index (χ1v) is 6.08. The first-order chi connectivity index (χ1) is 7.91. The molecule has 1 amide bonds. The Bertz CT molecular complexity index is 415. The van der Waals surface area contributed by atoms with Crippen molar-refractivity contribution in [1.82, 2.24) is 5.32 Å². The van der Waals surface area contributed by atoms with Gasteiger partial charge in [-0.3, -0.25) is 4.79 Å². The topological polar surface area (TPSA) is 92.4 Å². The van der Waals surface area contributed by atoms with Gasteiger partial charge in [-0.15, -0.1) is 11.3 Å². The summed E-state index contributed by atoms with van der Waals surface area (Å²) < 4.78 is 0. The quantitative estimate of drug-likeness (QED) is 0.709. The number of primary amides is 1. The van der Waals surface area contributed by atoms with E-state index in [2.05, 4.69) is 5.32 Å². The number of aromatic carboxylic acids is 1. The number of hydrogen-bond donors (Lipinski definition) is 3. The average Bonchev–Trinajstić information content (AvgIpc) is 2.65. The predicted octanol–water partition coefficient (Wildman–Crippen LogP) is 1.05. The number of carbonyl (C=O) groups excluding carboxylic acids is 1. The molecule has 1 aromatic rings. The van der Waals surface area contributed by atoms with Crippen LogP contribution in [0.1, 0.15) is 28.4 Å². The van der Waals surface area contributed by atoms with E-state index >= 15 is 0 Å². The lowest BCUT2D eigenvalue weighted by Crippen LogP contribution is -2.44. The molecule has 1 atom stereocenters. The molecule has 4 N–H and O–H groups in total. The highest BCUT2D eigenvalue weighted by Gasteiger charge is 2.18. The summed E-state index contributed by atoms with van der Waals surface area (Å²) in [5, 5.41) is 11.8. The molecule has 1 unspecified atom stereocenters. The average molecular weight is 256 g/mol. The van der Waals surface area contributed by atoms with Crippen LogP contribution in [0.5, 0.6) is 0 Å². The number of carbonyl (C=O) groups is 2. The van der Waals surface area contributed by atoms with E-state index in [0.717, 1.165) is 4.88 Å². The highest BCUT2D eigenvalue weighted by atomic mass is 32.1. The number of hydrogen-bond acceptors (Lipinski definition) is 4. The minimum Gasteiger partial charge on any atom is -0.477 e. The summed E-state index contributed by atoms with van der Waals surface area (Å²) in [7, 11) is 0. The number of carboxylic acids is 1. The van der Waals surface area contributed by atoms with Crippen LogP contribution in [0, 0.1) is 5.92 Å². The van der Waals surface area contributed by atoms with E-state index in [1.807, 2.05) is 13.8 Å². The van der Waals surface area contributed by atoms with Gasteiger partial charge in [-0.1, -0.05) is 13.8 Å². The molecule has 1 rings (SSSR count). The van der Waals surface area contributed by atoms with Crippen molar-refractivity contribution < 1.29 is 14.7 Å². The van der Waals surface area contributed by atoms with Crippen molar-refractivity contribution in [1.29, 1.82) is 0 Å². The van der Waals surface area contributed by atoms with E-state index in [0.29, 0.717) is 11.4 Å². The van der Waals surface area contributed by atoms with Crippen LogP contribution < -0.4 is 11.1 Å². The zero-order valence-electron chi connectivity index (χ0n) is 9.77. The van der Waals surface area contributed by atoms with Gasteiger partial charge < -0.3 is 16.2 Å². The van der Waals surface area contributed by atoms with Crippen molar-refractivity contribution in [2.75, 3.05) is 0 Å². The van der Waals surface area contributed by atoms with Gasteiger partial charge in [0.2, 0.25) is 5.91 Å². The maximum Gasteiger partial charge on any atom is 0.345 e. The summed E-state index contributed by atoms with van der Waals surface area (Å²) in [6.45, 7) is 4.25. The molecule has 0 saturated heterocycles. The van der Waals surface area contributed by atoms with Gasteiger partial charge in [-0.2, -0.15) is 0 Å². The fraction of sp³-hybridized carbons (Fsp3) is 0.455. The Morgan fingerprint density at radius 2 is 2.12 bits per heavy atom. The Labute approximate surface area is 104 Å². The van der Waals surface area contributed by atoms with E-state index in [-0.39, 0.29) is 5.92 Å². The molecule has 0 saturated carbocycles. The lowest BCUT2D eigenvalue weighted by molar-refractivity contribution is -0.121. The summed E-state index contributed by atoms with van der Waals surface area (Å²) in [6.07, 6.45) is 0. The van der Waals surface area contributed by atoms with Crippen molar-refractivity contribution >= 4 is 23.2 Å². The zero-order chi connectivity index (χ0) is 13.0. The highest BCUT2D eigenvalue weighted by molar-refractivity contribution is 7.13. The van der Waals surface area contributed by atoms with Gasteiger partial charge in [0.1, 0.15) is 4.88 Å². The molecule has 1 heterocycles. The molecule has 0 aliphatic rings. The van der Waals surface area contributed by atoms with E-state index in [1.54, 1.807) is 12.1 Å².